The molecule has 4 N–H and O–H groups in total. The van der Waals surface area contributed by atoms with Gasteiger partial charge in [0.05, 0.1) is 12.2 Å². The Balaban J connectivity index is 0.00000264. The van der Waals surface area contributed by atoms with Crippen molar-refractivity contribution in [3.05, 3.63) is 29.6 Å². The van der Waals surface area contributed by atoms with Crippen LogP contribution in [-0.4, -0.2) is 24.4 Å². The second-order valence-electron chi connectivity index (χ2n) is 5.26. The summed E-state index contributed by atoms with van der Waals surface area (Å²) in [5.74, 6) is -5.76. The fourth-order valence-electron chi connectivity index (χ4n) is 2.38. The maximum Gasteiger partial charge on any atom is 0.243 e. The number of benzene rings is 1. The van der Waals surface area contributed by atoms with Crippen molar-refractivity contribution in [2.45, 2.75) is 25.3 Å². The SMILES string of the molecule is Cl.NC1CCC(C(=O)NCC(=O)Nc2ccc(F)c(F)c2F)C1. The van der Waals surface area contributed by atoms with Gasteiger partial charge in [-0.2, -0.15) is 0 Å². The molecular weight excluding hydrogens is 335 g/mol. The molecule has 1 fully saturated rings. The van der Waals surface area contributed by atoms with Gasteiger partial charge >= 0.3 is 0 Å². The highest BCUT2D eigenvalue weighted by atomic mass is 35.5. The summed E-state index contributed by atoms with van der Waals surface area (Å²) < 4.78 is 39.2. The van der Waals surface area contributed by atoms with Crippen molar-refractivity contribution in [3.8, 4) is 0 Å². The minimum atomic E-state index is -1.67. The summed E-state index contributed by atoms with van der Waals surface area (Å²) in [6, 6.07) is 1.59. The number of halogens is 4. The summed E-state index contributed by atoms with van der Waals surface area (Å²) in [6.07, 6.45) is 1.97. The Hall–Kier alpha value is -1.80. The molecule has 0 radical (unpaired) electrons. The van der Waals surface area contributed by atoms with Crippen molar-refractivity contribution in [1.82, 2.24) is 5.32 Å². The molecule has 1 aliphatic carbocycles. The molecule has 1 saturated carbocycles. The van der Waals surface area contributed by atoms with Crippen LogP contribution in [0.4, 0.5) is 18.9 Å². The fourth-order valence-corrected chi connectivity index (χ4v) is 2.38. The number of hydrogen-bond donors (Lipinski definition) is 3. The molecule has 128 valence electrons. The van der Waals surface area contributed by atoms with Gasteiger partial charge in [-0.1, -0.05) is 0 Å². The molecule has 2 atom stereocenters. The number of nitrogens with two attached hydrogens (primary N) is 1. The van der Waals surface area contributed by atoms with Gasteiger partial charge < -0.3 is 16.4 Å². The molecule has 0 spiro atoms. The number of carbonyl (C=O) groups is 2. The van der Waals surface area contributed by atoms with Crippen molar-refractivity contribution in [2.24, 2.45) is 11.7 Å². The van der Waals surface area contributed by atoms with E-state index in [2.05, 4.69) is 10.6 Å². The Morgan fingerprint density at radius 2 is 1.87 bits per heavy atom. The van der Waals surface area contributed by atoms with Gasteiger partial charge in [-0.05, 0) is 31.4 Å². The Labute approximate surface area is 137 Å². The zero-order valence-corrected chi connectivity index (χ0v) is 12.9. The predicted octanol–water partition coefficient (Wildman–Crippen LogP) is 1.71. The van der Waals surface area contributed by atoms with Gasteiger partial charge in [0.15, 0.2) is 17.5 Å². The summed E-state index contributed by atoms with van der Waals surface area (Å²) in [7, 11) is 0. The smallest absolute Gasteiger partial charge is 0.243 e. The lowest BCUT2D eigenvalue weighted by Gasteiger charge is -2.11. The van der Waals surface area contributed by atoms with E-state index in [1.807, 2.05) is 0 Å². The quantitative estimate of drug-likeness (QED) is 0.722. The number of hydrogen-bond acceptors (Lipinski definition) is 3. The zero-order chi connectivity index (χ0) is 16.3. The van der Waals surface area contributed by atoms with Gasteiger partial charge in [-0.25, -0.2) is 13.2 Å². The fraction of sp³-hybridized carbons (Fsp3) is 0.429. The topological polar surface area (TPSA) is 84.2 Å². The lowest BCUT2D eigenvalue weighted by molar-refractivity contribution is -0.127. The second-order valence-corrected chi connectivity index (χ2v) is 5.26. The third kappa shape index (κ3) is 4.84. The van der Waals surface area contributed by atoms with Crippen LogP contribution in [-0.2, 0) is 9.59 Å². The average Bonchev–Trinajstić information content (AvgIpc) is 2.92. The van der Waals surface area contributed by atoms with Crippen LogP contribution in [0.25, 0.3) is 0 Å². The molecule has 1 aromatic rings. The van der Waals surface area contributed by atoms with Crippen LogP contribution in [0.5, 0.6) is 0 Å². The maximum atomic E-state index is 13.4. The third-order valence-electron chi connectivity index (χ3n) is 3.58. The van der Waals surface area contributed by atoms with E-state index in [1.54, 1.807) is 0 Å². The molecule has 9 heteroatoms. The first-order chi connectivity index (χ1) is 10.4. The first-order valence-electron chi connectivity index (χ1n) is 6.85. The maximum absolute atomic E-state index is 13.4. The first-order valence-corrected chi connectivity index (χ1v) is 6.85. The molecule has 0 heterocycles. The van der Waals surface area contributed by atoms with E-state index in [0.29, 0.717) is 18.9 Å². The van der Waals surface area contributed by atoms with Crippen molar-refractivity contribution >= 4 is 29.9 Å². The molecule has 23 heavy (non-hydrogen) atoms. The van der Waals surface area contributed by atoms with Gasteiger partial charge in [0.1, 0.15) is 0 Å². The van der Waals surface area contributed by atoms with Crippen LogP contribution >= 0.6 is 12.4 Å². The Bertz CT molecular complexity index is 601. The van der Waals surface area contributed by atoms with E-state index < -0.39 is 29.0 Å². The normalized spacial score (nSPS) is 19.8. The van der Waals surface area contributed by atoms with Crippen LogP contribution in [0.15, 0.2) is 12.1 Å². The van der Waals surface area contributed by atoms with Crippen LogP contribution < -0.4 is 16.4 Å². The highest BCUT2D eigenvalue weighted by Crippen LogP contribution is 2.24. The van der Waals surface area contributed by atoms with Crippen LogP contribution in [0, 0.1) is 23.4 Å². The molecule has 1 aliphatic rings. The third-order valence-corrected chi connectivity index (χ3v) is 3.58. The van der Waals surface area contributed by atoms with E-state index >= 15 is 0 Å². The molecule has 1 aromatic carbocycles. The summed E-state index contributed by atoms with van der Waals surface area (Å²) >= 11 is 0. The van der Waals surface area contributed by atoms with E-state index in [-0.39, 0.29) is 36.8 Å². The van der Waals surface area contributed by atoms with Gasteiger partial charge in [-0.15, -0.1) is 12.4 Å². The molecule has 2 amide bonds. The van der Waals surface area contributed by atoms with Crippen LogP contribution in [0.1, 0.15) is 19.3 Å². The average molecular weight is 352 g/mol. The highest BCUT2D eigenvalue weighted by molar-refractivity contribution is 5.94. The molecule has 0 bridgehead atoms. The molecule has 0 aromatic heterocycles. The van der Waals surface area contributed by atoms with Gasteiger partial charge in [0.25, 0.3) is 0 Å². The summed E-state index contributed by atoms with van der Waals surface area (Å²) in [4.78, 5) is 23.4. The molecule has 2 rings (SSSR count). The van der Waals surface area contributed by atoms with E-state index in [0.717, 1.165) is 12.5 Å². The zero-order valence-electron chi connectivity index (χ0n) is 12.1. The van der Waals surface area contributed by atoms with Crippen LogP contribution in [0.3, 0.4) is 0 Å². The van der Waals surface area contributed by atoms with Gasteiger partial charge in [0, 0.05) is 12.0 Å². The second kappa shape index (κ2) is 8.16. The Morgan fingerprint density at radius 3 is 2.48 bits per heavy atom. The monoisotopic (exact) mass is 351 g/mol. The van der Waals surface area contributed by atoms with Crippen LogP contribution in [0.2, 0.25) is 0 Å². The molecular formula is C14H17ClF3N3O2. The number of rotatable bonds is 4. The lowest BCUT2D eigenvalue weighted by atomic mass is 10.1. The summed E-state index contributed by atoms with van der Waals surface area (Å²) in [5.41, 5.74) is 5.21. The Kier molecular flexibility index (Phi) is 6.83. The first kappa shape index (κ1) is 19.2. The highest BCUT2D eigenvalue weighted by Gasteiger charge is 2.27. The van der Waals surface area contributed by atoms with E-state index in [4.69, 9.17) is 5.73 Å². The summed E-state index contributed by atoms with van der Waals surface area (Å²) in [6.45, 7) is -0.386. The number of amides is 2. The van der Waals surface area contributed by atoms with Crippen molar-refractivity contribution in [2.75, 3.05) is 11.9 Å². The largest absolute Gasteiger partial charge is 0.347 e. The minimum Gasteiger partial charge on any atom is -0.347 e. The van der Waals surface area contributed by atoms with Crippen molar-refractivity contribution in [1.29, 1.82) is 0 Å². The van der Waals surface area contributed by atoms with E-state index in [1.165, 1.54) is 0 Å². The summed E-state index contributed by atoms with van der Waals surface area (Å²) in [5, 5.41) is 4.49. The van der Waals surface area contributed by atoms with Gasteiger partial charge in [0.2, 0.25) is 11.8 Å². The molecule has 0 aliphatic heterocycles. The van der Waals surface area contributed by atoms with Crippen molar-refractivity contribution < 1.29 is 22.8 Å². The standard InChI is InChI=1S/C14H16F3N3O2.ClH/c15-9-3-4-10(13(17)12(9)16)20-11(21)6-19-14(22)7-1-2-8(18)5-7;/h3-4,7-8H,1-2,5-6,18H2,(H,19,22)(H,20,21);1H. The number of carbonyl (C=O) groups excluding carboxylic acids is 2. The lowest BCUT2D eigenvalue weighted by Crippen LogP contribution is -2.36. The number of nitrogens with one attached hydrogen (secondary N) is 2. The predicted molar refractivity (Wildman–Crippen MR) is 80.5 cm³/mol. The molecule has 2 unspecified atom stereocenters. The Morgan fingerprint density at radius 1 is 1.17 bits per heavy atom. The van der Waals surface area contributed by atoms with E-state index in [9.17, 15) is 22.8 Å². The molecule has 0 saturated heterocycles. The van der Waals surface area contributed by atoms with Crippen molar-refractivity contribution in [3.63, 3.8) is 0 Å². The molecule has 5 nitrogen and oxygen atoms in total. The van der Waals surface area contributed by atoms with Gasteiger partial charge in [-0.3, -0.25) is 9.59 Å². The minimum absolute atomic E-state index is 0. The number of anilines is 1.